The number of nitrogens with one attached hydrogen (secondary N) is 1. The second-order valence-electron chi connectivity index (χ2n) is 5.52. The Kier molecular flexibility index (Phi) is 4.84. The molecule has 2 aromatic carbocycles. The number of halogens is 1. The maximum atomic E-state index is 12.6. The Hall–Kier alpha value is -2.04. The van der Waals surface area contributed by atoms with Gasteiger partial charge in [-0.2, -0.15) is 0 Å². The maximum absolute atomic E-state index is 12.6. The monoisotopic (exact) mass is 330 g/mol. The van der Waals surface area contributed by atoms with Crippen LogP contribution in [-0.4, -0.2) is 23.6 Å². The van der Waals surface area contributed by atoms with Crippen LogP contribution >= 0.6 is 11.6 Å². The van der Waals surface area contributed by atoms with Crippen LogP contribution in [0, 0.1) is 0 Å². The fraction of sp³-hybridized carbons (Fsp3) is 0.278. The Labute approximate surface area is 141 Å². The molecule has 0 aliphatic carbocycles. The Balaban J connectivity index is 1.81. The van der Waals surface area contributed by atoms with Gasteiger partial charge in [0.2, 0.25) is 0 Å². The van der Waals surface area contributed by atoms with E-state index < -0.39 is 6.23 Å². The van der Waals surface area contributed by atoms with Crippen molar-refractivity contribution in [3.8, 4) is 0 Å². The molecular formula is C18H19ClN2O2. The fourth-order valence-electron chi connectivity index (χ4n) is 2.66. The number of rotatable bonds is 3. The molecule has 2 unspecified atom stereocenters. The van der Waals surface area contributed by atoms with Gasteiger partial charge >= 0.3 is 6.03 Å². The van der Waals surface area contributed by atoms with Crippen molar-refractivity contribution < 1.29 is 9.53 Å². The highest BCUT2D eigenvalue weighted by Gasteiger charge is 2.36. The molecular weight excluding hydrogens is 312 g/mol. The summed E-state index contributed by atoms with van der Waals surface area (Å²) in [6.07, 6.45) is 0.467. The second-order valence-corrected chi connectivity index (χ2v) is 5.96. The number of para-hydroxylation sites is 1. The van der Waals surface area contributed by atoms with Gasteiger partial charge in [-0.25, -0.2) is 4.79 Å². The average Bonchev–Trinajstić information content (AvgIpc) is 3.00. The number of urea groups is 1. The van der Waals surface area contributed by atoms with Gasteiger partial charge < -0.3 is 10.1 Å². The van der Waals surface area contributed by atoms with Crippen LogP contribution in [0.2, 0.25) is 5.02 Å². The smallest absolute Gasteiger partial charge is 0.324 e. The van der Waals surface area contributed by atoms with Crippen LogP contribution in [0.15, 0.2) is 54.6 Å². The van der Waals surface area contributed by atoms with E-state index in [4.69, 9.17) is 16.3 Å². The molecule has 0 radical (unpaired) electrons. The molecule has 5 heteroatoms. The van der Waals surface area contributed by atoms with Crippen LogP contribution < -0.4 is 5.32 Å². The SMILES string of the molecule is CCC1CN(C(=O)Nc2ccccc2)C(c2cccc(Cl)c2)O1. The number of ether oxygens (including phenoxy) is 1. The van der Waals surface area contributed by atoms with Crippen LogP contribution in [0.5, 0.6) is 0 Å². The molecule has 0 aromatic heterocycles. The van der Waals surface area contributed by atoms with Crippen molar-refractivity contribution in [2.45, 2.75) is 25.7 Å². The van der Waals surface area contributed by atoms with Crippen LogP contribution in [0.1, 0.15) is 25.1 Å². The second kappa shape index (κ2) is 7.02. The number of anilines is 1. The first kappa shape index (κ1) is 15.8. The largest absolute Gasteiger partial charge is 0.349 e. The van der Waals surface area contributed by atoms with Crippen molar-refractivity contribution >= 4 is 23.3 Å². The van der Waals surface area contributed by atoms with Crippen LogP contribution in [0.25, 0.3) is 0 Å². The highest BCUT2D eigenvalue weighted by molar-refractivity contribution is 6.30. The zero-order valence-corrected chi connectivity index (χ0v) is 13.7. The summed E-state index contributed by atoms with van der Waals surface area (Å²) < 4.78 is 6.03. The van der Waals surface area contributed by atoms with Gasteiger partial charge in [0.1, 0.15) is 0 Å². The van der Waals surface area contributed by atoms with E-state index in [0.29, 0.717) is 11.6 Å². The summed E-state index contributed by atoms with van der Waals surface area (Å²) in [7, 11) is 0. The van der Waals surface area contributed by atoms with Gasteiger partial charge in [-0.05, 0) is 30.7 Å². The minimum atomic E-state index is -0.414. The van der Waals surface area contributed by atoms with E-state index in [1.165, 1.54) is 0 Å². The number of hydrogen-bond donors (Lipinski definition) is 1. The number of hydrogen-bond acceptors (Lipinski definition) is 2. The standard InChI is InChI=1S/C18H19ClN2O2/c1-2-16-12-21(18(22)20-15-9-4-3-5-10-15)17(23-16)13-7-6-8-14(19)11-13/h3-11,16-17H,2,12H2,1H3,(H,20,22). The Morgan fingerprint density at radius 2 is 2.04 bits per heavy atom. The van der Waals surface area contributed by atoms with Gasteiger partial charge in [-0.15, -0.1) is 0 Å². The summed E-state index contributed by atoms with van der Waals surface area (Å²) >= 11 is 6.08. The van der Waals surface area contributed by atoms with Crippen molar-refractivity contribution in [2.75, 3.05) is 11.9 Å². The topological polar surface area (TPSA) is 41.6 Å². The summed E-state index contributed by atoms with van der Waals surface area (Å²) in [4.78, 5) is 14.4. The van der Waals surface area contributed by atoms with Gasteiger partial charge in [0, 0.05) is 16.3 Å². The third-order valence-electron chi connectivity index (χ3n) is 3.88. The molecule has 2 aromatic rings. The van der Waals surface area contributed by atoms with Crippen molar-refractivity contribution in [1.29, 1.82) is 0 Å². The van der Waals surface area contributed by atoms with E-state index in [-0.39, 0.29) is 12.1 Å². The number of carbonyl (C=O) groups is 1. The molecule has 0 bridgehead atoms. The minimum Gasteiger partial charge on any atom is -0.349 e. The van der Waals surface area contributed by atoms with Crippen LogP contribution in [0.3, 0.4) is 0 Å². The third kappa shape index (κ3) is 3.66. The van der Waals surface area contributed by atoms with Gasteiger partial charge in [-0.3, -0.25) is 4.90 Å². The molecule has 2 amide bonds. The predicted molar refractivity (Wildman–Crippen MR) is 91.5 cm³/mol. The molecule has 1 N–H and O–H groups in total. The number of carbonyl (C=O) groups excluding carboxylic acids is 1. The Bertz CT molecular complexity index is 678. The summed E-state index contributed by atoms with van der Waals surface area (Å²) in [5.41, 5.74) is 1.65. The van der Waals surface area contributed by atoms with E-state index >= 15 is 0 Å². The first-order valence-corrected chi connectivity index (χ1v) is 8.08. The Morgan fingerprint density at radius 3 is 2.74 bits per heavy atom. The Morgan fingerprint density at radius 1 is 1.26 bits per heavy atom. The lowest BCUT2D eigenvalue weighted by Gasteiger charge is -2.23. The molecule has 1 aliphatic heterocycles. The highest BCUT2D eigenvalue weighted by atomic mass is 35.5. The van der Waals surface area contributed by atoms with Crippen molar-refractivity contribution in [2.24, 2.45) is 0 Å². The molecule has 1 fully saturated rings. The molecule has 1 heterocycles. The lowest BCUT2D eigenvalue weighted by Crippen LogP contribution is -2.35. The number of benzene rings is 2. The third-order valence-corrected chi connectivity index (χ3v) is 4.11. The molecule has 120 valence electrons. The lowest BCUT2D eigenvalue weighted by molar-refractivity contribution is 0.0110. The highest BCUT2D eigenvalue weighted by Crippen LogP contribution is 2.33. The molecule has 4 nitrogen and oxygen atoms in total. The summed E-state index contributed by atoms with van der Waals surface area (Å²) in [5, 5.41) is 3.55. The van der Waals surface area contributed by atoms with Gasteiger partial charge in [-0.1, -0.05) is 48.9 Å². The zero-order valence-electron chi connectivity index (χ0n) is 12.9. The van der Waals surface area contributed by atoms with E-state index in [9.17, 15) is 4.79 Å². The van der Waals surface area contributed by atoms with E-state index in [1.807, 2.05) is 54.6 Å². The molecule has 2 atom stereocenters. The molecule has 1 saturated heterocycles. The summed E-state index contributed by atoms with van der Waals surface area (Å²) in [5.74, 6) is 0. The van der Waals surface area contributed by atoms with Crippen molar-refractivity contribution in [3.63, 3.8) is 0 Å². The predicted octanol–water partition coefficient (Wildman–Crippen LogP) is 4.68. The summed E-state index contributed by atoms with van der Waals surface area (Å²) in [6, 6.07) is 16.7. The van der Waals surface area contributed by atoms with E-state index in [2.05, 4.69) is 12.2 Å². The molecule has 3 rings (SSSR count). The lowest BCUT2D eigenvalue weighted by atomic mass is 10.2. The van der Waals surface area contributed by atoms with Gasteiger partial charge in [0.15, 0.2) is 6.23 Å². The van der Waals surface area contributed by atoms with Crippen LogP contribution in [-0.2, 0) is 4.74 Å². The molecule has 23 heavy (non-hydrogen) atoms. The molecule has 1 aliphatic rings. The first-order valence-electron chi connectivity index (χ1n) is 7.71. The van der Waals surface area contributed by atoms with Gasteiger partial charge in [0.05, 0.1) is 12.6 Å². The summed E-state index contributed by atoms with van der Waals surface area (Å²) in [6.45, 7) is 2.62. The fourth-order valence-corrected chi connectivity index (χ4v) is 2.86. The quantitative estimate of drug-likeness (QED) is 0.887. The molecule has 0 saturated carbocycles. The van der Waals surface area contributed by atoms with Gasteiger partial charge in [0.25, 0.3) is 0 Å². The van der Waals surface area contributed by atoms with E-state index in [0.717, 1.165) is 17.7 Å². The normalized spacial score (nSPS) is 20.5. The van der Waals surface area contributed by atoms with Crippen LogP contribution in [0.4, 0.5) is 10.5 Å². The zero-order chi connectivity index (χ0) is 16.2. The van der Waals surface area contributed by atoms with Crippen molar-refractivity contribution in [3.05, 3.63) is 65.2 Å². The number of amides is 2. The number of nitrogens with zero attached hydrogens (tertiary/aromatic N) is 1. The molecule has 0 spiro atoms. The van der Waals surface area contributed by atoms with E-state index in [1.54, 1.807) is 4.90 Å². The average molecular weight is 331 g/mol. The minimum absolute atomic E-state index is 0.0282. The maximum Gasteiger partial charge on any atom is 0.324 e. The first-order chi connectivity index (χ1) is 11.2. The van der Waals surface area contributed by atoms with Crippen molar-refractivity contribution in [1.82, 2.24) is 4.90 Å².